The van der Waals surface area contributed by atoms with E-state index in [9.17, 15) is 67.7 Å². The zero-order chi connectivity index (χ0) is 89.9. The summed E-state index contributed by atoms with van der Waals surface area (Å²) >= 11 is 1.01. The standard InChI is InChI=1S/C82H107N15O22S.C2H6/c1-44(98)73-80(116)94-62(34-53-42-90-57-10-6-5-9-56(53)57)79(115)91-58(19-21-69(85)105)64(100)38-54(43-120-30-23-59(95-81(117)89-2)63(99)35-49(76(112)96-73)15-20-68(84)104)77(113)92-60(33-45-12-17-55(18-13-45)119-29-26-83)66(102)37-52(32-46-11-14-47-7-3-4-8-48(47)31-46)78(114)97-82(24-27-118-28-25-82)67(103)39-50(16-22-72(108)109)75(111)93-61(41-71(87)107)65(101)36-51(74(88)110)40-70(86)106;1-2/h3-14,17-18,31,42,44,49-52,54,58-62,73,90,98H,15-16,19-30,32-41,43,83H2,1-2H3,(H2,84,104)(H2,85,105)(H2,86,106)(H2,87,107)(H2,88,110)(H,91,115)(H,92,113)(H,93,111)(H,94,116)(H,96,112)(H,97,114)(H,108,109)(H2,89,95,117);1-2H3. The number of urea groups is 1. The lowest BCUT2D eigenvalue weighted by Crippen LogP contribution is -2.59. The summed E-state index contributed by atoms with van der Waals surface area (Å²) in [6, 6.07) is 15.1. The van der Waals surface area contributed by atoms with Gasteiger partial charge in [0, 0.05) is 144 Å². The van der Waals surface area contributed by atoms with Crippen molar-refractivity contribution in [3.63, 3.8) is 0 Å². The van der Waals surface area contributed by atoms with Gasteiger partial charge in [0.1, 0.15) is 30.0 Å². The van der Waals surface area contributed by atoms with Gasteiger partial charge in [-0.15, -0.1) is 0 Å². The highest BCUT2D eigenvalue weighted by atomic mass is 32.2. The highest BCUT2D eigenvalue weighted by molar-refractivity contribution is 7.99. The van der Waals surface area contributed by atoms with E-state index >= 15 is 28.8 Å². The van der Waals surface area contributed by atoms with E-state index in [-0.39, 0.29) is 82.8 Å². The van der Waals surface area contributed by atoms with Crippen LogP contribution in [0.15, 0.2) is 97.2 Å². The summed E-state index contributed by atoms with van der Waals surface area (Å²) in [4.78, 5) is 254. The molecular formula is C84H113N15O22S. The molecule has 2 aliphatic heterocycles. The third-order valence-corrected chi connectivity index (χ3v) is 22.2. The van der Waals surface area contributed by atoms with E-state index in [1.54, 1.807) is 79.0 Å². The van der Waals surface area contributed by atoms with Crippen molar-refractivity contribution >= 4 is 139 Å². The number of aromatic nitrogens is 1. The monoisotopic (exact) mass is 1720 g/mol. The average molecular weight is 1720 g/mol. The lowest BCUT2D eigenvalue weighted by atomic mass is 9.79. The number of aromatic amines is 1. The largest absolute Gasteiger partial charge is 0.492 e. The van der Waals surface area contributed by atoms with Crippen molar-refractivity contribution in [1.82, 2.24) is 47.5 Å². The number of rotatable bonds is 40. The first-order valence-corrected chi connectivity index (χ1v) is 41.6. The summed E-state index contributed by atoms with van der Waals surface area (Å²) in [6.45, 7) is 5.14. The van der Waals surface area contributed by atoms with Gasteiger partial charge < -0.3 is 102 Å². The number of carboxylic acid groups (broad SMARTS) is 1. The molecule has 13 amide bonds. The molecule has 12 atom stereocenters. The number of fused-ring (bicyclic) bond motifs is 2. The number of benzene rings is 4. The second-order valence-electron chi connectivity index (χ2n) is 30.2. The fourth-order valence-corrected chi connectivity index (χ4v) is 15.4. The number of H-pyrrole nitrogens is 1. The molecule has 7 rings (SSSR count). The van der Waals surface area contributed by atoms with Gasteiger partial charge in [-0.3, -0.25) is 81.5 Å². The average Bonchev–Trinajstić information content (AvgIpc) is 1.18. The van der Waals surface area contributed by atoms with Crippen LogP contribution in [0.3, 0.4) is 0 Å². The Labute approximate surface area is 708 Å². The molecule has 23 N–H and O–H groups in total. The molecule has 1 aromatic heterocycles. The van der Waals surface area contributed by atoms with Crippen molar-refractivity contribution < 1.29 is 106 Å². The molecule has 0 radical (unpaired) electrons. The molecule has 122 heavy (non-hydrogen) atoms. The number of para-hydroxylation sites is 1. The minimum Gasteiger partial charge on any atom is -0.492 e. The van der Waals surface area contributed by atoms with E-state index in [1.165, 1.54) is 7.05 Å². The van der Waals surface area contributed by atoms with Crippen molar-refractivity contribution in [2.45, 2.75) is 191 Å². The number of primary amides is 5. The van der Waals surface area contributed by atoms with Crippen LogP contribution in [-0.2, 0) is 106 Å². The normalized spacial score (nSPS) is 19.5. The quantitative estimate of drug-likeness (QED) is 0.0248. The van der Waals surface area contributed by atoms with Gasteiger partial charge in [-0.05, 0) is 96.9 Å². The minimum absolute atomic E-state index is 0.0871. The Balaban J connectivity index is 0.0000114. The van der Waals surface area contributed by atoms with Gasteiger partial charge in [-0.2, -0.15) is 11.8 Å². The molecule has 0 bridgehead atoms. The maximum atomic E-state index is 15.9. The van der Waals surface area contributed by atoms with Gasteiger partial charge in [0.05, 0.1) is 48.5 Å². The lowest BCUT2D eigenvalue weighted by molar-refractivity contribution is -0.142. The van der Waals surface area contributed by atoms with Gasteiger partial charge in [-0.25, -0.2) is 4.79 Å². The highest BCUT2D eigenvalue weighted by Gasteiger charge is 2.46. The van der Waals surface area contributed by atoms with Crippen LogP contribution in [0.2, 0.25) is 0 Å². The van der Waals surface area contributed by atoms with Crippen LogP contribution in [0.5, 0.6) is 5.75 Å². The van der Waals surface area contributed by atoms with Gasteiger partial charge in [0.15, 0.2) is 28.9 Å². The maximum absolute atomic E-state index is 15.9. The molecule has 12 unspecified atom stereocenters. The van der Waals surface area contributed by atoms with Gasteiger partial charge >= 0.3 is 12.0 Å². The number of aliphatic hydroxyl groups excluding tert-OH is 1. The molecule has 2 fully saturated rings. The summed E-state index contributed by atoms with van der Waals surface area (Å²) in [7, 11) is 1.27. The van der Waals surface area contributed by atoms with E-state index in [1.807, 2.05) is 32.0 Å². The third-order valence-electron chi connectivity index (χ3n) is 21.1. The lowest BCUT2D eigenvalue weighted by Gasteiger charge is -2.38. The van der Waals surface area contributed by atoms with Crippen molar-refractivity contribution in [3.05, 3.63) is 114 Å². The molecule has 5 aromatic rings. The molecule has 0 saturated carbocycles. The molecule has 2 aliphatic rings. The zero-order valence-electron chi connectivity index (χ0n) is 68.8. The summed E-state index contributed by atoms with van der Waals surface area (Å²) in [5.41, 5.74) is 33.3. The Morgan fingerprint density at radius 3 is 1.91 bits per heavy atom. The van der Waals surface area contributed by atoms with E-state index in [4.69, 9.17) is 43.9 Å². The molecule has 0 aliphatic carbocycles. The highest BCUT2D eigenvalue weighted by Crippen LogP contribution is 2.31. The number of Topliss-reactive ketones (excluding diaryl/α,β-unsaturated/α-hetero) is 5. The minimum atomic E-state index is -1.92. The Kier molecular flexibility index (Phi) is 39.7. The second kappa shape index (κ2) is 49.0. The number of aliphatic hydroxyl groups is 1. The Morgan fingerprint density at radius 1 is 0.639 bits per heavy atom. The Hall–Kier alpha value is -12.0. The number of carbonyl (C=O) groups excluding carboxylic acids is 17. The fourth-order valence-electron chi connectivity index (χ4n) is 14.3. The molecule has 4 aromatic carbocycles. The number of carboxylic acids is 1. The second-order valence-corrected chi connectivity index (χ2v) is 31.4. The first-order chi connectivity index (χ1) is 58.0. The summed E-state index contributed by atoms with van der Waals surface area (Å²) in [5.74, 6) is -24.2. The van der Waals surface area contributed by atoms with Gasteiger partial charge in [0.2, 0.25) is 65.0 Å². The van der Waals surface area contributed by atoms with E-state index in [0.717, 1.165) is 29.5 Å². The molecular weight excluding hydrogens is 1600 g/mol. The van der Waals surface area contributed by atoms with Gasteiger partial charge in [0.25, 0.3) is 0 Å². The number of hydrogen-bond donors (Lipinski definition) is 17. The molecule has 662 valence electrons. The van der Waals surface area contributed by atoms with Crippen LogP contribution in [-0.4, -0.2) is 214 Å². The number of nitrogens with two attached hydrogens (primary N) is 6. The Bertz CT molecular complexity index is 4570. The smallest absolute Gasteiger partial charge is 0.315 e. The summed E-state index contributed by atoms with van der Waals surface area (Å²) < 4.78 is 11.4. The SMILES string of the molecule is CC.CNC(=O)NC1CCSCC(C(=O)NC(Cc2ccc(OCCN)cc2)C(=O)CC(Cc2ccc3ccccc3c2)C(=O)NC2(C(=O)CC(CCC(=O)O)C(=O)NC(CC(N)=O)C(=O)CC(CC(N)=O)C(N)=O)CCOCC2)CC(=O)C(CCC(N)=O)NC(=O)C(Cc2c[nH]c3ccccc23)NC(=O)C(C(C)O)NC(=O)C(CCC(N)=O)CC1=O. The molecule has 37 nitrogen and oxygen atoms in total. The van der Waals surface area contributed by atoms with E-state index < -0.39 is 260 Å². The molecule has 3 heterocycles. The van der Waals surface area contributed by atoms with Crippen molar-refractivity contribution in [2.24, 2.45) is 64.0 Å². The molecule has 0 spiro atoms. The van der Waals surface area contributed by atoms with Crippen molar-refractivity contribution in [1.29, 1.82) is 0 Å². The van der Waals surface area contributed by atoms with Crippen molar-refractivity contribution in [2.75, 3.05) is 44.9 Å². The number of nitrogens with one attached hydrogen (secondary N) is 9. The van der Waals surface area contributed by atoms with Crippen LogP contribution in [0.25, 0.3) is 21.7 Å². The molecule has 2 saturated heterocycles. The summed E-state index contributed by atoms with van der Waals surface area (Å²) in [6.07, 6.45) is -9.97. The van der Waals surface area contributed by atoms with Crippen LogP contribution in [0, 0.1) is 29.6 Å². The van der Waals surface area contributed by atoms with Crippen LogP contribution in [0.4, 0.5) is 4.79 Å². The van der Waals surface area contributed by atoms with Gasteiger partial charge in [-0.1, -0.05) is 86.6 Å². The van der Waals surface area contributed by atoms with E-state index in [2.05, 4.69) is 47.5 Å². The van der Waals surface area contributed by atoms with Crippen LogP contribution in [0.1, 0.15) is 140 Å². The third kappa shape index (κ3) is 31.2. The molecule has 38 heteroatoms. The predicted octanol–water partition coefficient (Wildman–Crippen LogP) is 0.126. The zero-order valence-corrected chi connectivity index (χ0v) is 69.6. The number of ether oxygens (including phenoxy) is 2. The maximum Gasteiger partial charge on any atom is 0.315 e. The number of ketones is 5. The first-order valence-electron chi connectivity index (χ1n) is 40.4. The Morgan fingerprint density at radius 2 is 1.27 bits per heavy atom. The van der Waals surface area contributed by atoms with Crippen LogP contribution < -0.4 is 81.7 Å². The van der Waals surface area contributed by atoms with E-state index in [0.29, 0.717) is 33.3 Å². The first kappa shape index (κ1) is 98.8. The number of thioether (sulfide) groups is 1. The number of aliphatic carboxylic acids is 1. The van der Waals surface area contributed by atoms with Crippen LogP contribution >= 0.6 is 11.8 Å². The fraction of sp³-hybridized carbons (Fsp3) is 0.500. The van der Waals surface area contributed by atoms with Crippen molar-refractivity contribution in [3.8, 4) is 5.75 Å². The summed E-state index contributed by atoms with van der Waals surface area (Å²) in [5, 5.41) is 44.0. The predicted molar refractivity (Wildman–Crippen MR) is 447 cm³/mol. The topological polar surface area (TPSA) is 634 Å². The number of amides is 13. The number of carbonyl (C=O) groups is 18. The number of hydrogen-bond acceptors (Lipinski definition) is 23.